The van der Waals surface area contributed by atoms with Gasteiger partial charge in [-0.25, -0.2) is 0 Å². The first-order valence-corrected chi connectivity index (χ1v) is 8.03. The van der Waals surface area contributed by atoms with E-state index in [0.29, 0.717) is 23.1 Å². The number of aliphatic imine (C=N–C) groups is 1. The predicted molar refractivity (Wildman–Crippen MR) is 109 cm³/mol. The Balaban J connectivity index is 0.00000288. The highest BCUT2D eigenvalue weighted by Gasteiger charge is 2.10. The number of aryl methyl sites for hydroxylation is 1. The highest BCUT2D eigenvalue weighted by atomic mass is 127. The minimum atomic E-state index is 0. The lowest BCUT2D eigenvalue weighted by Crippen LogP contribution is -2.38. The van der Waals surface area contributed by atoms with Crippen molar-refractivity contribution in [3.8, 4) is 0 Å². The Morgan fingerprint density at radius 3 is 2.71 bits per heavy atom. The molecule has 0 bridgehead atoms. The summed E-state index contributed by atoms with van der Waals surface area (Å²) in [7, 11) is 3.71. The summed E-state index contributed by atoms with van der Waals surface area (Å²) in [4.78, 5) is 6.30. The van der Waals surface area contributed by atoms with E-state index < -0.39 is 0 Å². The normalized spacial score (nSPS) is 11.1. The molecule has 1 N–H and O–H groups in total. The van der Waals surface area contributed by atoms with E-state index in [9.17, 15) is 0 Å². The van der Waals surface area contributed by atoms with Crippen molar-refractivity contribution in [3.63, 3.8) is 0 Å². The van der Waals surface area contributed by atoms with Gasteiger partial charge in [0.05, 0.1) is 16.6 Å². The van der Waals surface area contributed by atoms with Crippen LogP contribution in [0.3, 0.4) is 0 Å². The van der Waals surface area contributed by atoms with Gasteiger partial charge in [0.15, 0.2) is 11.8 Å². The molecule has 24 heavy (non-hydrogen) atoms. The Hall–Kier alpha value is -1.06. The highest BCUT2D eigenvalue weighted by molar-refractivity contribution is 14.0. The molecule has 0 aliphatic heterocycles. The molecule has 0 saturated carbocycles. The molecule has 2 rings (SSSR count). The third-order valence-corrected chi connectivity index (χ3v) is 4.16. The number of hydrogen-bond acceptors (Lipinski definition) is 3. The predicted octanol–water partition coefficient (Wildman–Crippen LogP) is 3.43. The van der Waals surface area contributed by atoms with Crippen LogP contribution in [0.25, 0.3) is 0 Å². The van der Waals surface area contributed by atoms with E-state index in [4.69, 9.17) is 23.2 Å². The quantitative estimate of drug-likeness (QED) is 0.403. The first-order valence-electron chi connectivity index (χ1n) is 7.27. The summed E-state index contributed by atoms with van der Waals surface area (Å²) in [6.45, 7) is 4.11. The molecule has 0 saturated heterocycles. The largest absolute Gasteiger partial charge is 0.349 e. The third-order valence-electron chi connectivity index (χ3n) is 3.42. The molecule has 0 radical (unpaired) electrons. The summed E-state index contributed by atoms with van der Waals surface area (Å²) in [5.41, 5.74) is 1.06. The van der Waals surface area contributed by atoms with Gasteiger partial charge in [0, 0.05) is 27.2 Å². The Bertz CT molecular complexity index is 688. The second-order valence-corrected chi connectivity index (χ2v) is 5.85. The number of nitrogens with one attached hydrogen (secondary N) is 1. The van der Waals surface area contributed by atoms with Crippen LogP contribution in [0.4, 0.5) is 0 Å². The van der Waals surface area contributed by atoms with Gasteiger partial charge in [0.2, 0.25) is 0 Å². The molecule has 0 fully saturated rings. The summed E-state index contributed by atoms with van der Waals surface area (Å²) in [5, 5.41) is 12.4. The number of nitrogens with zero attached hydrogens (tertiary/aromatic N) is 5. The Morgan fingerprint density at radius 2 is 2.08 bits per heavy atom. The first-order chi connectivity index (χ1) is 11.0. The molecule has 1 heterocycles. The first kappa shape index (κ1) is 21.0. The van der Waals surface area contributed by atoms with Crippen LogP contribution < -0.4 is 5.32 Å². The van der Waals surface area contributed by atoms with Gasteiger partial charge in [-0.15, -0.1) is 34.2 Å². The lowest BCUT2D eigenvalue weighted by atomic mass is 10.2. The van der Waals surface area contributed by atoms with Crippen molar-refractivity contribution in [1.82, 2.24) is 25.0 Å². The molecule has 0 aliphatic carbocycles. The van der Waals surface area contributed by atoms with Crippen molar-refractivity contribution < 1.29 is 0 Å². The van der Waals surface area contributed by atoms with E-state index >= 15 is 0 Å². The molecule has 0 aliphatic rings. The van der Waals surface area contributed by atoms with E-state index in [2.05, 4.69) is 27.4 Å². The van der Waals surface area contributed by atoms with Crippen molar-refractivity contribution in [3.05, 3.63) is 46.0 Å². The van der Waals surface area contributed by atoms with Gasteiger partial charge in [-0.3, -0.25) is 4.99 Å². The maximum Gasteiger partial charge on any atom is 0.194 e. The number of halogens is 3. The standard InChI is InChI=1S/C15H20Cl2N6.HI/c1-4-23-10-20-21-14(23)8-19-15(18-2)22(3)9-11-5-6-12(16)13(17)7-11;/h5-7,10H,4,8-9H2,1-3H3,(H,18,19);1H. The van der Waals surface area contributed by atoms with Crippen LogP contribution in [0, 0.1) is 0 Å². The maximum atomic E-state index is 6.06. The zero-order valence-corrected chi connectivity index (χ0v) is 17.7. The summed E-state index contributed by atoms with van der Waals surface area (Å²) in [6.07, 6.45) is 1.72. The Labute approximate surface area is 169 Å². The summed E-state index contributed by atoms with van der Waals surface area (Å²) in [5.74, 6) is 1.64. The van der Waals surface area contributed by atoms with Gasteiger partial charge >= 0.3 is 0 Å². The van der Waals surface area contributed by atoms with E-state index in [1.165, 1.54) is 0 Å². The van der Waals surface area contributed by atoms with Crippen molar-refractivity contribution in [2.45, 2.75) is 26.6 Å². The van der Waals surface area contributed by atoms with Crippen LogP contribution in [-0.4, -0.2) is 39.7 Å². The number of hydrogen-bond donors (Lipinski definition) is 1. The van der Waals surface area contributed by atoms with Gasteiger partial charge < -0.3 is 14.8 Å². The topological polar surface area (TPSA) is 58.3 Å². The second-order valence-electron chi connectivity index (χ2n) is 5.04. The van der Waals surface area contributed by atoms with Crippen LogP contribution in [0.1, 0.15) is 18.3 Å². The SMILES string of the molecule is CCn1cnnc1CNC(=NC)N(C)Cc1ccc(Cl)c(Cl)c1.I. The zero-order chi connectivity index (χ0) is 16.8. The molecule has 9 heteroatoms. The number of benzene rings is 1. The maximum absolute atomic E-state index is 6.06. The number of guanidine groups is 1. The molecule has 0 amide bonds. The average molecular weight is 483 g/mol. The molecule has 132 valence electrons. The zero-order valence-electron chi connectivity index (χ0n) is 13.8. The number of rotatable bonds is 5. The lowest BCUT2D eigenvalue weighted by Gasteiger charge is -2.22. The van der Waals surface area contributed by atoms with Crippen LogP contribution in [-0.2, 0) is 19.6 Å². The lowest BCUT2D eigenvalue weighted by molar-refractivity contribution is 0.474. The van der Waals surface area contributed by atoms with Crippen LogP contribution in [0.5, 0.6) is 0 Å². The van der Waals surface area contributed by atoms with Gasteiger partial charge in [0.1, 0.15) is 6.33 Å². The van der Waals surface area contributed by atoms with Gasteiger partial charge in [0.25, 0.3) is 0 Å². The van der Waals surface area contributed by atoms with Gasteiger partial charge in [-0.2, -0.15) is 0 Å². The fourth-order valence-corrected chi connectivity index (χ4v) is 2.53. The van der Waals surface area contributed by atoms with Crippen LogP contribution in [0.2, 0.25) is 10.0 Å². The Morgan fingerprint density at radius 1 is 1.33 bits per heavy atom. The van der Waals surface area contributed by atoms with E-state index in [0.717, 1.165) is 23.9 Å². The third kappa shape index (κ3) is 5.49. The molecule has 0 spiro atoms. The molecule has 0 unspecified atom stereocenters. The van der Waals surface area contributed by atoms with Crippen molar-refractivity contribution in [2.75, 3.05) is 14.1 Å². The van der Waals surface area contributed by atoms with Crippen LogP contribution >= 0.6 is 47.2 Å². The minimum absolute atomic E-state index is 0. The smallest absolute Gasteiger partial charge is 0.194 e. The van der Waals surface area contributed by atoms with E-state index in [1.54, 1.807) is 19.4 Å². The molecular formula is C15H21Cl2IN6. The Kier molecular flexibility index (Phi) is 8.79. The van der Waals surface area contributed by atoms with E-state index in [1.807, 2.05) is 28.6 Å². The molecule has 0 atom stereocenters. The molecule has 2 aromatic rings. The molecular weight excluding hydrogens is 462 g/mol. The van der Waals surface area contributed by atoms with Gasteiger partial charge in [-0.1, -0.05) is 29.3 Å². The van der Waals surface area contributed by atoms with Crippen LogP contribution in [0.15, 0.2) is 29.5 Å². The summed E-state index contributed by atoms with van der Waals surface area (Å²) in [6, 6.07) is 5.61. The highest BCUT2D eigenvalue weighted by Crippen LogP contribution is 2.23. The van der Waals surface area contributed by atoms with Crippen molar-refractivity contribution in [1.29, 1.82) is 0 Å². The van der Waals surface area contributed by atoms with Gasteiger partial charge in [-0.05, 0) is 24.6 Å². The fraction of sp³-hybridized carbons (Fsp3) is 0.400. The van der Waals surface area contributed by atoms with Crippen molar-refractivity contribution in [2.24, 2.45) is 4.99 Å². The summed E-state index contributed by atoms with van der Waals surface area (Å²) < 4.78 is 1.99. The average Bonchev–Trinajstić information content (AvgIpc) is 2.99. The monoisotopic (exact) mass is 482 g/mol. The fourth-order valence-electron chi connectivity index (χ4n) is 2.21. The minimum Gasteiger partial charge on any atom is -0.349 e. The van der Waals surface area contributed by atoms with E-state index in [-0.39, 0.29) is 24.0 Å². The summed E-state index contributed by atoms with van der Waals surface area (Å²) >= 11 is 12.0. The number of aromatic nitrogens is 3. The second kappa shape index (κ2) is 10.0. The molecule has 1 aromatic carbocycles. The molecule has 1 aromatic heterocycles. The molecule has 6 nitrogen and oxygen atoms in total. The van der Waals surface area contributed by atoms with Crippen molar-refractivity contribution >= 4 is 53.1 Å².